The van der Waals surface area contributed by atoms with Gasteiger partial charge in [-0.15, -0.1) is 0 Å². The van der Waals surface area contributed by atoms with Gasteiger partial charge in [-0.25, -0.2) is 0 Å². The Labute approximate surface area is 154 Å². The van der Waals surface area contributed by atoms with E-state index in [2.05, 4.69) is 29.1 Å². The fourth-order valence-corrected chi connectivity index (χ4v) is 3.30. The lowest BCUT2D eigenvalue weighted by Crippen LogP contribution is -2.10. The summed E-state index contributed by atoms with van der Waals surface area (Å²) >= 11 is 5.36. The molecular formula is C19H26N4OS. The number of rotatable bonds is 6. The van der Waals surface area contributed by atoms with Gasteiger partial charge in [-0.2, -0.15) is 14.9 Å². The number of hydrogen-bond acceptors (Lipinski definition) is 4. The molecule has 1 fully saturated rings. The maximum Gasteiger partial charge on any atom is 0.216 e. The molecule has 3 rings (SSSR count). The SMILES string of the molecule is CC(C)COc1cccc(/C=N\n2c(C3CCCCC3)n[nH]c2=S)c1. The largest absolute Gasteiger partial charge is 0.493 e. The summed E-state index contributed by atoms with van der Waals surface area (Å²) in [6.07, 6.45) is 7.96. The minimum absolute atomic E-state index is 0.444. The molecule has 0 unspecified atom stereocenters. The van der Waals surface area contributed by atoms with Crippen LogP contribution >= 0.6 is 12.2 Å². The van der Waals surface area contributed by atoms with Crippen molar-refractivity contribution in [3.05, 3.63) is 40.4 Å². The van der Waals surface area contributed by atoms with E-state index in [4.69, 9.17) is 17.0 Å². The maximum absolute atomic E-state index is 5.78. The van der Waals surface area contributed by atoms with E-state index in [0.717, 1.165) is 30.0 Å². The zero-order chi connectivity index (χ0) is 17.6. The number of nitrogens with zero attached hydrogens (tertiary/aromatic N) is 3. The number of ether oxygens (including phenoxy) is 1. The molecule has 2 aromatic rings. The molecule has 0 radical (unpaired) electrons. The number of H-pyrrole nitrogens is 1. The topological polar surface area (TPSA) is 55.2 Å². The lowest BCUT2D eigenvalue weighted by Gasteiger charge is -2.19. The second kappa shape index (κ2) is 8.43. The van der Waals surface area contributed by atoms with E-state index in [0.29, 0.717) is 23.2 Å². The molecule has 0 saturated heterocycles. The number of aromatic nitrogens is 3. The van der Waals surface area contributed by atoms with Gasteiger partial charge in [0.25, 0.3) is 0 Å². The Bertz CT molecular complexity index is 772. The highest BCUT2D eigenvalue weighted by Crippen LogP contribution is 2.31. The average Bonchev–Trinajstić information content (AvgIpc) is 3.00. The van der Waals surface area contributed by atoms with E-state index in [1.807, 2.05) is 30.5 Å². The van der Waals surface area contributed by atoms with Gasteiger partial charge in [-0.1, -0.05) is 45.2 Å². The Hall–Kier alpha value is -1.95. The van der Waals surface area contributed by atoms with Crippen molar-refractivity contribution >= 4 is 18.4 Å². The predicted molar refractivity (Wildman–Crippen MR) is 103 cm³/mol. The first kappa shape index (κ1) is 17.9. The van der Waals surface area contributed by atoms with Crippen LogP contribution in [0.25, 0.3) is 0 Å². The van der Waals surface area contributed by atoms with Crippen molar-refractivity contribution in [2.45, 2.75) is 51.9 Å². The molecule has 0 amide bonds. The van der Waals surface area contributed by atoms with E-state index >= 15 is 0 Å². The van der Waals surface area contributed by atoms with Gasteiger partial charge in [0.1, 0.15) is 5.75 Å². The van der Waals surface area contributed by atoms with E-state index in [1.54, 1.807) is 4.68 Å². The van der Waals surface area contributed by atoms with Crippen LogP contribution in [0.1, 0.15) is 63.3 Å². The second-order valence-electron chi connectivity index (χ2n) is 7.06. The second-order valence-corrected chi connectivity index (χ2v) is 7.44. The quantitative estimate of drug-likeness (QED) is 0.590. The number of aromatic amines is 1. The minimum atomic E-state index is 0.444. The molecule has 5 nitrogen and oxygen atoms in total. The Morgan fingerprint density at radius 2 is 2.16 bits per heavy atom. The van der Waals surface area contributed by atoms with Crippen LogP contribution in [0.4, 0.5) is 0 Å². The minimum Gasteiger partial charge on any atom is -0.493 e. The van der Waals surface area contributed by atoms with Crippen molar-refractivity contribution in [2.75, 3.05) is 6.61 Å². The third-order valence-electron chi connectivity index (χ3n) is 4.41. The fourth-order valence-electron chi connectivity index (χ4n) is 3.11. The van der Waals surface area contributed by atoms with Crippen LogP contribution in [0.15, 0.2) is 29.4 Å². The summed E-state index contributed by atoms with van der Waals surface area (Å²) in [7, 11) is 0. The summed E-state index contributed by atoms with van der Waals surface area (Å²) < 4.78 is 8.10. The predicted octanol–water partition coefficient (Wildman–Crippen LogP) is 4.91. The lowest BCUT2D eigenvalue weighted by atomic mass is 9.89. The van der Waals surface area contributed by atoms with E-state index in [9.17, 15) is 0 Å². The van der Waals surface area contributed by atoms with Gasteiger partial charge in [-0.3, -0.25) is 5.10 Å². The number of nitrogens with one attached hydrogen (secondary N) is 1. The van der Waals surface area contributed by atoms with Crippen LogP contribution in [0, 0.1) is 10.7 Å². The molecule has 6 heteroatoms. The highest BCUT2D eigenvalue weighted by molar-refractivity contribution is 7.71. The number of hydrogen-bond donors (Lipinski definition) is 1. The monoisotopic (exact) mass is 358 g/mol. The molecule has 1 aliphatic rings. The van der Waals surface area contributed by atoms with Crippen LogP contribution in [-0.2, 0) is 0 Å². The normalized spacial score (nSPS) is 16.0. The highest BCUT2D eigenvalue weighted by Gasteiger charge is 2.21. The van der Waals surface area contributed by atoms with Crippen molar-refractivity contribution in [1.82, 2.24) is 14.9 Å². The van der Waals surface area contributed by atoms with Crippen molar-refractivity contribution in [1.29, 1.82) is 0 Å². The average molecular weight is 359 g/mol. The third-order valence-corrected chi connectivity index (χ3v) is 4.67. The van der Waals surface area contributed by atoms with Gasteiger partial charge in [0, 0.05) is 5.92 Å². The summed E-state index contributed by atoms with van der Waals surface area (Å²) in [6, 6.07) is 7.95. The van der Waals surface area contributed by atoms with Gasteiger partial charge >= 0.3 is 0 Å². The summed E-state index contributed by atoms with van der Waals surface area (Å²) in [5.41, 5.74) is 0.985. The van der Waals surface area contributed by atoms with Crippen LogP contribution in [0.3, 0.4) is 0 Å². The fraction of sp³-hybridized carbons (Fsp3) is 0.526. The summed E-state index contributed by atoms with van der Waals surface area (Å²) in [6.45, 7) is 4.98. The molecule has 1 N–H and O–H groups in total. The van der Waals surface area contributed by atoms with Gasteiger partial charge in [-0.05, 0) is 48.7 Å². The summed E-state index contributed by atoms with van der Waals surface area (Å²) in [5, 5.41) is 11.9. The number of benzene rings is 1. The highest BCUT2D eigenvalue weighted by atomic mass is 32.1. The van der Waals surface area contributed by atoms with Gasteiger partial charge in [0.15, 0.2) is 5.82 Å². The molecule has 1 aliphatic carbocycles. The Morgan fingerprint density at radius 3 is 2.92 bits per heavy atom. The Kier molecular flexibility index (Phi) is 6.02. The van der Waals surface area contributed by atoms with Gasteiger partial charge in [0.05, 0.1) is 12.8 Å². The smallest absolute Gasteiger partial charge is 0.216 e. The molecule has 25 heavy (non-hydrogen) atoms. The van der Waals surface area contributed by atoms with E-state index in [1.165, 1.54) is 19.3 Å². The Balaban J connectivity index is 1.77. The molecule has 1 aromatic heterocycles. The molecule has 1 saturated carbocycles. The van der Waals surface area contributed by atoms with Crippen LogP contribution in [0.5, 0.6) is 5.75 Å². The molecule has 0 bridgehead atoms. The summed E-state index contributed by atoms with van der Waals surface area (Å²) in [5.74, 6) is 2.76. The van der Waals surface area contributed by atoms with E-state index in [-0.39, 0.29) is 0 Å². The zero-order valence-electron chi connectivity index (χ0n) is 14.9. The molecule has 0 atom stereocenters. The first-order valence-corrected chi connectivity index (χ1v) is 9.49. The van der Waals surface area contributed by atoms with Crippen molar-refractivity contribution < 1.29 is 4.74 Å². The maximum atomic E-state index is 5.78. The van der Waals surface area contributed by atoms with Crippen LogP contribution in [0.2, 0.25) is 0 Å². The Morgan fingerprint density at radius 1 is 1.36 bits per heavy atom. The molecule has 0 aliphatic heterocycles. The standard InChI is InChI=1S/C19H26N4OS/c1-14(2)13-24-17-10-6-7-15(11-17)12-20-23-18(21-22-19(23)25)16-8-4-3-5-9-16/h6-7,10-12,14,16H,3-5,8-9,13H2,1-2H3,(H,22,25)/b20-12-. The molecule has 1 aromatic carbocycles. The first-order valence-electron chi connectivity index (χ1n) is 9.08. The zero-order valence-corrected chi connectivity index (χ0v) is 15.8. The van der Waals surface area contributed by atoms with E-state index < -0.39 is 0 Å². The van der Waals surface area contributed by atoms with Crippen LogP contribution < -0.4 is 4.74 Å². The molecule has 0 spiro atoms. The molecule has 1 heterocycles. The molecule has 134 valence electrons. The molecular weight excluding hydrogens is 332 g/mol. The van der Waals surface area contributed by atoms with Crippen LogP contribution in [-0.4, -0.2) is 27.7 Å². The van der Waals surface area contributed by atoms with Gasteiger partial charge in [0.2, 0.25) is 4.77 Å². The summed E-state index contributed by atoms with van der Waals surface area (Å²) in [4.78, 5) is 0. The first-order chi connectivity index (χ1) is 12.1. The lowest BCUT2D eigenvalue weighted by molar-refractivity contribution is 0.271. The third kappa shape index (κ3) is 4.78. The van der Waals surface area contributed by atoms with Crippen molar-refractivity contribution in [2.24, 2.45) is 11.0 Å². The van der Waals surface area contributed by atoms with Crippen molar-refractivity contribution in [3.63, 3.8) is 0 Å². The van der Waals surface area contributed by atoms with Gasteiger partial charge < -0.3 is 4.74 Å². The van der Waals surface area contributed by atoms with Crippen molar-refractivity contribution in [3.8, 4) is 5.75 Å².